The van der Waals surface area contributed by atoms with Crippen LogP contribution in [0.15, 0.2) is 61.2 Å². The number of primary amides is 1. The first-order valence-corrected chi connectivity index (χ1v) is 10.1. The van der Waals surface area contributed by atoms with Crippen molar-refractivity contribution in [1.29, 1.82) is 5.26 Å². The van der Waals surface area contributed by atoms with Gasteiger partial charge < -0.3 is 10.6 Å². The number of carbonyl (C=O) groups is 1. The Morgan fingerprint density at radius 3 is 2.53 bits per heavy atom. The van der Waals surface area contributed by atoms with E-state index >= 15 is 0 Å². The van der Waals surface area contributed by atoms with E-state index in [1.54, 1.807) is 27.8 Å². The summed E-state index contributed by atoms with van der Waals surface area (Å²) in [7, 11) is 1.85. The third kappa shape index (κ3) is 3.18. The molecule has 32 heavy (non-hydrogen) atoms. The lowest BCUT2D eigenvalue weighted by atomic mass is 9.91. The van der Waals surface area contributed by atoms with E-state index in [1.165, 1.54) is 0 Å². The molecule has 5 rings (SSSR count). The van der Waals surface area contributed by atoms with Gasteiger partial charge in [-0.1, -0.05) is 18.7 Å². The maximum absolute atomic E-state index is 11.3. The summed E-state index contributed by atoms with van der Waals surface area (Å²) in [6.45, 7) is 5.20. The molecule has 0 unspecified atom stereocenters. The highest BCUT2D eigenvalue weighted by Gasteiger charge is 2.31. The number of nitrogens with zero attached hydrogens (tertiary/aromatic N) is 7. The van der Waals surface area contributed by atoms with Crippen LogP contribution >= 0.6 is 0 Å². The largest absolute Gasteiger partial charge is 0.370 e. The maximum Gasteiger partial charge on any atom is 0.244 e. The summed E-state index contributed by atoms with van der Waals surface area (Å²) in [6, 6.07) is 10.2. The summed E-state index contributed by atoms with van der Waals surface area (Å²) in [5.74, 6) is -0.350. The average Bonchev–Trinajstić information content (AvgIpc) is 3.38. The fourth-order valence-corrected chi connectivity index (χ4v) is 3.93. The molecule has 9 nitrogen and oxygen atoms in total. The summed E-state index contributed by atoms with van der Waals surface area (Å²) < 4.78 is 3.40. The Hall–Kier alpha value is -4.45. The van der Waals surface area contributed by atoms with Crippen molar-refractivity contribution in [1.82, 2.24) is 24.4 Å². The highest BCUT2D eigenvalue weighted by Crippen LogP contribution is 2.32. The predicted octanol–water partition coefficient (Wildman–Crippen LogP) is 2.15. The third-order valence-electron chi connectivity index (χ3n) is 5.81. The first-order valence-electron chi connectivity index (χ1n) is 10.1. The van der Waals surface area contributed by atoms with Crippen LogP contribution in [0.3, 0.4) is 0 Å². The molecule has 3 aromatic heterocycles. The number of amides is 1. The molecule has 0 atom stereocenters. The van der Waals surface area contributed by atoms with E-state index in [1.807, 2.05) is 37.5 Å². The standard InChI is InChI=1S/C23H20N8O/c1-14(23(25)32)18-11-30(12-18)19-5-3-15(4-6-19)21-22-16(7-24)8-27-31(22)13-20(28-21)17-9-26-29(2)10-17/h3-6,8-10,13,18H,1,11-12H2,2H3,(H2,25,32). The zero-order valence-corrected chi connectivity index (χ0v) is 17.4. The van der Waals surface area contributed by atoms with Gasteiger partial charge in [0.2, 0.25) is 5.91 Å². The molecule has 4 aromatic rings. The smallest absolute Gasteiger partial charge is 0.244 e. The van der Waals surface area contributed by atoms with Gasteiger partial charge in [0.05, 0.1) is 30.0 Å². The summed E-state index contributed by atoms with van der Waals surface area (Å²) in [5, 5.41) is 18.1. The topological polar surface area (TPSA) is 118 Å². The summed E-state index contributed by atoms with van der Waals surface area (Å²) in [4.78, 5) is 18.3. The summed E-state index contributed by atoms with van der Waals surface area (Å²) in [5.41, 5.74) is 11.1. The summed E-state index contributed by atoms with van der Waals surface area (Å²) in [6.07, 6.45) is 6.98. The number of aryl methyl sites for hydroxylation is 1. The van der Waals surface area contributed by atoms with Gasteiger partial charge in [0.15, 0.2) is 0 Å². The normalized spacial score (nSPS) is 13.7. The van der Waals surface area contributed by atoms with E-state index in [4.69, 9.17) is 10.7 Å². The van der Waals surface area contributed by atoms with Gasteiger partial charge in [0, 0.05) is 54.6 Å². The van der Waals surface area contributed by atoms with Crippen molar-refractivity contribution in [2.24, 2.45) is 18.7 Å². The molecule has 0 bridgehead atoms. The van der Waals surface area contributed by atoms with Crippen LogP contribution in [-0.4, -0.2) is 43.4 Å². The van der Waals surface area contributed by atoms with Gasteiger partial charge in [0.1, 0.15) is 17.1 Å². The molecule has 1 aliphatic rings. The molecular weight excluding hydrogens is 404 g/mol. The Labute approximate surface area is 184 Å². The van der Waals surface area contributed by atoms with Gasteiger partial charge >= 0.3 is 0 Å². The van der Waals surface area contributed by atoms with E-state index in [-0.39, 0.29) is 5.92 Å². The predicted molar refractivity (Wildman–Crippen MR) is 119 cm³/mol. The third-order valence-corrected chi connectivity index (χ3v) is 5.81. The van der Waals surface area contributed by atoms with Crippen LogP contribution in [0.1, 0.15) is 5.56 Å². The molecule has 1 saturated heterocycles. The van der Waals surface area contributed by atoms with Crippen LogP contribution in [-0.2, 0) is 11.8 Å². The van der Waals surface area contributed by atoms with Crippen molar-refractivity contribution in [2.75, 3.05) is 18.0 Å². The number of nitrogens with two attached hydrogens (primary N) is 1. The number of anilines is 1. The van der Waals surface area contributed by atoms with Gasteiger partial charge in [-0.25, -0.2) is 9.50 Å². The van der Waals surface area contributed by atoms with Crippen molar-refractivity contribution in [2.45, 2.75) is 0 Å². The van der Waals surface area contributed by atoms with E-state index < -0.39 is 5.91 Å². The Morgan fingerprint density at radius 2 is 1.91 bits per heavy atom. The number of carbonyl (C=O) groups excluding carboxylic acids is 1. The molecule has 9 heteroatoms. The number of aromatic nitrogens is 5. The molecular formula is C23H20N8O. The molecule has 1 aliphatic heterocycles. The fraction of sp³-hybridized carbons (Fsp3) is 0.174. The van der Waals surface area contributed by atoms with Crippen molar-refractivity contribution in [3.63, 3.8) is 0 Å². The van der Waals surface area contributed by atoms with Gasteiger partial charge in [-0.3, -0.25) is 9.48 Å². The lowest BCUT2D eigenvalue weighted by Gasteiger charge is -2.41. The Bertz CT molecular complexity index is 1400. The minimum atomic E-state index is -0.442. The van der Waals surface area contributed by atoms with E-state index in [0.29, 0.717) is 41.1 Å². The number of hydrogen-bond acceptors (Lipinski definition) is 6. The highest BCUT2D eigenvalue weighted by atomic mass is 16.1. The van der Waals surface area contributed by atoms with Gasteiger partial charge in [0.25, 0.3) is 0 Å². The molecule has 0 radical (unpaired) electrons. The quantitative estimate of drug-likeness (QED) is 0.491. The van der Waals surface area contributed by atoms with E-state index in [9.17, 15) is 10.1 Å². The number of hydrogen-bond donors (Lipinski definition) is 1. The SMILES string of the molecule is C=C(C(N)=O)C1CN(c2ccc(-c3nc(-c4cnn(C)c4)cn4ncc(C#N)c34)cc2)C1. The molecule has 1 fully saturated rings. The van der Waals surface area contributed by atoms with Crippen molar-refractivity contribution >= 4 is 17.1 Å². The Kier molecular flexibility index (Phi) is 4.48. The van der Waals surface area contributed by atoms with Gasteiger partial charge in [-0.2, -0.15) is 15.5 Å². The molecule has 2 N–H and O–H groups in total. The first kappa shape index (κ1) is 19.5. The van der Waals surface area contributed by atoms with Crippen LogP contribution in [0.25, 0.3) is 28.0 Å². The molecule has 4 heterocycles. The van der Waals surface area contributed by atoms with Crippen molar-refractivity contribution < 1.29 is 4.79 Å². The van der Waals surface area contributed by atoms with E-state index in [2.05, 4.69) is 27.7 Å². The van der Waals surface area contributed by atoms with Crippen LogP contribution in [0, 0.1) is 17.2 Å². The zero-order valence-electron chi connectivity index (χ0n) is 17.4. The molecule has 1 amide bonds. The van der Waals surface area contributed by atoms with E-state index in [0.717, 1.165) is 16.8 Å². The van der Waals surface area contributed by atoms with Crippen molar-refractivity contribution in [3.8, 4) is 28.6 Å². The fourth-order valence-electron chi connectivity index (χ4n) is 3.93. The second kappa shape index (κ2) is 7.35. The first-order chi connectivity index (χ1) is 15.4. The highest BCUT2D eigenvalue weighted by molar-refractivity contribution is 5.92. The Morgan fingerprint density at radius 1 is 1.16 bits per heavy atom. The molecule has 0 aliphatic carbocycles. The molecule has 0 spiro atoms. The average molecular weight is 424 g/mol. The number of benzene rings is 1. The van der Waals surface area contributed by atoms with Crippen LogP contribution < -0.4 is 10.6 Å². The number of fused-ring (bicyclic) bond motifs is 1. The second-order valence-electron chi connectivity index (χ2n) is 7.88. The lowest BCUT2D eigenvalue weighted by molar-refractivity contribution is -0.115. The van der Waals surface area contributed by atoms with Crippen LogP contribution in [0.5, 0.6) is 0 Å². The van der Waals surface area contributed by atoms with Crippen LogP contribution in [0.4, 0.5) is 5.69 Å². The molecule has 158 valence electrons. The monoisotopic (exact) mass is 424 g/mol. The number of rotatable bonds is 5. The molecule has 1 aromatic carbocycles. The number of nitriles is 1. The summed E-state index contributed by atoms with van der Waals surface area (Å²) >= 11 is 0. The second-order valence-corrected chi connectivity index (χ2v) is 7.88. The van der Waals surface area contributed by atoms with Gasteiger partial charge in [-0.15, -0.1) is 0 Å². The molecule has 0 saturated carbocycles. The van der Waals surface area contributed by atoms with Gasteiger partial charge in [-0.05, 0) is 12.1 Å². The van der Waals surface area contributed by atoms with Crippen LogP contribution in [0.2, 0.25) is 0 Å². The maximum atomic E-state index is 11.3. The zero-order chi connectivity index (χ0) is 22.4. The Balaban J connectivity index is 1.50. The lowest BCUT2D eigenvalue weighted by Crippen LogP contribution is -2.49. The van der Waals surface area contributed by atoms with Crippen molar-refractivity contribution in [3.05, 3.63) is 66.8 Å². The minimum absolute atomic E-state index is 0.0922. The minimum Gasteiger partial charge on any atom is -0.370 e.